The minimum absolute atomic E-state index is 2.29. The van der Waals surface area contributed by atoms with Crippen LogP contribution in [0.3, 0.4) is 0 Å². The summed E-state index contributed by atoms with van der Waals surface area (Å²) in [5, 5.41) is 15.7. The minimum atomic E-state index is -5.87. The molecule has 0 spiro atoms. The average molecular weight is 244 g/mol. The summed E-state index contributed by atoms with van der Waals surface area (Å²) in [6.45, 7) is 0. The second-order valence-corrected chi connectivity index (χ2v) is 3.02. The van der Waals surface area contributed by atoms with E-state index >= 15 is 0 Å². The molecule has 0 atom stereocenters. The third-order valence-electron chi connectivity index (χ3n) is 0.733. The largest absolute Gasteiger partial charge is 0.634 e. The average Bonchev–Trinajstić information content (AvgIpc) is 2.01. The van der Waals surface area contributed by atoms with Crippen molar-refractivity contribution >= 4 is 31.8 Å². The van der Waals surface area contributed by atoms with Crippen LogP contribution in [0.5, 0.6) is 0 Å². The van der Waals surface area contributed by atoms with Gasteiger partial charge in [-0.25, -0.2) is 23.7 Å². The second-order valence-electron chi connectivity index (χ2n) is 1.80. The summed E-state index contributed by atoms with van der Waals surface area (Å²) in [5.41, 5.74) is 0. The molecule has 11 heteroatoms. The van der Waals surface area contributed by atoms with Crippen LogP contribution in [0.1, 0.15) is 0 Å². The van der Waals surface area contributed by atoms with E-state index < -0.39 is 31.8 Å². The molecule has 0 aromatic heterocycles. The van der Waals surface area contributed by atoms with E-state index in [9.17, 15) is 27.9 Å². The molecule has 84 valence electrons. The summed E-state index contributed by atoms with van der Waals surface area (Å²) in [6, 6.07) is 0. The highest BCUT2D eigenvalue weighted by Gasteiger charge is 2.38. The molecule has 15 heavy (non-hydrogen) atoms. The zero-order valence-electron chi connectivity index (χ0n) is 6.58. The lowest BCUT2D eigenvalue weighted by Crippen LogP contribution is -2.18. The van der Waals surface area contributed by atoms with E-state index in [0.29, 0.717) is 0 Å². The van der Waals surface area contributed by atoms with Crippen LogP contribution in [0, 0.1) is 0 Å². The van der Waals surface area contributed by atoms with Crippen LogP contribution in [-0.4, -0.2) is 34.1 Å². The Kier molecular flexibility index (Phi) is 3.92. The molecule has 0 radical (unpaired) electrons. The Morgan fingerprint density at radius 3 is 1.40 bits per heavy atom. The normalized spacial score (nSPS) is 10.2. The number of carboxylic acids is 2. The van der Waals surface area contributed by atoms with E-state index in [1.54, 1.807) is 0 Å². The number of halogens is 1. The third kappa shape index (κ3) is 4.72. The minimum Gasteiger partial charge on any atom is -0.473 e. The fraction of sp³-hybridized carbons (Fsp3) is 0. The van der Waals surface area contributed by atoms with Gasteiger partial charge in [-0.05, 0) is 0 Å². The van der Waals surface area contributed by atoms with Crippen LogP contribution >= 0.6 is 7.91 Å². The van der Waals surface area contributed by atoms with Gasteiger partial charge in [-0.1, -0.05) is 0 Å². The lowest BCUT2D eigenvalue weighted by Gasteiger charge is -2.05. The Balaban J connectivity index is 4.51. The number of aliphatic carboxylic acids is 2. The van der Waals surface area contributed by atoms with Crippen molar-refractivity contribution < 1.29 is 47.2 Å². The van der Waals surface area contributed by atoms with Crippen LogP contribution in [0.4, 0.5) is 4.20 Å². The molecule has 0 heterocycles. The molecule has 0 aliphatic rings. The maximum absolute atomic E-state index is 12.5. The molecule has 0 bridgehead atoms. The van der Waals surface area contributed by atoms with Gasteiger partial charge in [-0.15, -0.1) is 4.20 Å². The third-order valence-corrected chi connectivity index (χ3v) is 1.50. The lowest BCUT2D eigenvalue weighted by atomic mass is 10.7. The van der Waals surface area contributed by atoms with Crippen molar-refractivity contribution in [1.29, 1.82) is 0 Å². The van der Waals surface area contributed by atoms with Gasteiger partial charge >= 0.3 is 31.8 Å². The molecule has 0 aromatic rings. The Morgan fingerprint density at radius 2 is 1.20 bits per heavy atom. The summed E-state index contributed by atoms with van der Waals surface area (Å²) in [5.74, 6) is -9.17. The van der Waals surface area contributed by atoms with Crippen LogP contribution < -0.4 is 0 Å². The SMILES string of the molecule is O=C(O)C(=O)OP(=O)(F)OC(=O)C(=O)O. The van der Waals surface area contributed by atoms with Gasteiger partial charge in [-0.2, -0.15) is 0 Å². The summed E-state index contributed by atoms with van der Waals surface area (Å²) < 4.78 is 28.9. The van der Waals surface area contributed by atoms with Gasteiger partial charge < -0.3 is 19.3 Å². The maximum atomic E-state index is 12.5. The molecule has 0 rings (SSSR count). The van der Waals surface area contributed by atoms with Crippen molar-refractivity contribution in [2.75, 3.05) is 0 Å². The van der Waals surface area contributed by atoms with Crippen molar-refractivity contribution in [1.82, 2.24) is 0 Å². The first-order chi connectivity index (χ1) is 6.65. The van der Waals surface area contributed by atoms with E-state index in [1.165, 1.54) is 0 Å². The first-order valence-electron chi connectivity index (χ1n) is 2.89. The number of carbonyl (C=O) groups excluding carboxylic acids is 2. The topological polar surface area (TPSA) is 144 Å². The van der Waals surface area contributed by atoms with E-state index in [4.69, 9.17) is 10.2 Å². The zero-order valence-corrected chi connectivity index (χ0v) is 7.47. The quantitative estimate of drug-likeness (QED) is 0.476. The number of hydrogen-bond acceptors (Lipinski definition) is 7. The summed E-state index contributed by atoms with van der Waals surface area (Å²) in [7, 11) is -5.87. The van der Waals surface area contributed by atoms with Crippen molar-refractivity contribution in [3.8, 4) is 0 Å². The van der Waals surface area contributed by atoms with Gasteiger partial charge in [0.05, 0.1) is 0 Å². The fourth-order valence-corrected chi connectivity index (χ4v) is 0.884. The van der Waals surface area contributed by atoms with E-state index in [1.807, 2.05) is 0 Å². The van der Waals surface area contributed by atoms with E-state index in [-0.39, 0.29) is 0 Å². The molecule has 0 amide bonds. The van der Waals surface area contributed by atoms with Crippen LogP contribution in [-0.2, 0) is 32.8 Å². The fourth-order valence-electron chi connectivity index (χ4n) is 0.295. The molecule has 0 saturated heterocycles. The van der Waals surface area contributed by atoms with Crippen LogP contribution in [0.2, 0.25) is 0 Å². The second kappa shape index (κ2) is 4.51. The van der Waals surface area contributed by atoms with Crippen molar-refractivity contribution in [3.63, 3.8) is 0 Å². The van der Waals surface area contributed by atoms with Crippen LogP contribution in [0.15, 0.2) is 0 Å². The number of carboxylic acid groups (broad SMARTS) is 2. The van der Waals surface area contributed by atoms with Gasteiger partial charge in [0.2, 0.25) is 0 Å². The number of hydrogen-bond donors (Lipinski definition) is 2. The van der Waals surface area contributed by atoms with Gasteiger partial charge in [0.1, 0.15) is 0 Å². The Labute approximate surface area is 80.0 Å². The highest BCUT2D eigenvalue weighted by atomic mass is 31.2. The number of rotatable bonds is 2. The summed E-state index contributed by atoms with van der Waals surface area (Å²) in [4.78, 5) is 39.8. The van der Waals surface area contributed by atoms with Gasteiger partial charge in [0, 0.05) is 0 Å². The first kappa shape index (κ1) is 13.0. The number of carbonyl (C=O) groups is 4. The molecule has 0 aromatic carbocycles. The standard InChI is InChI=1S/C4H2FO9P/c5-15(12,13-3(10)1(6)7)14-4(11)2(8)9/h(H,6,7)(H,8,9). The molecule has 0 aliphatic heterocycles. The van der Waals surface area contributed by atoms with Gasteiger partial charge in [0.25, 0.3) is 0 Å². The van der Waals surface area contributed by atoms with Crippen LogP contribution in [0.25, 0.3) is 0 Å². The van der Waals surface area contributed by atoms with E-state index in [2.05, 4.69) is 9.05 Å². The first-order valence-corrected chi connectivity index (χ1v) is 4.32. The van der Waals surface area contributed by atoms with Crippen molar-refractivity contribution in [2.45, 2.75) is 0 Å². The summed E-state index contributed by atoms with van der Waals surface area (Å²) >= 11 is 0. The monoisotopic (exact) mass is 244 g/mol. The molecule has 0 unspecified atom stereocenters. The maximum Gasteiger partial charge on any atom is 0.634 e. The Morgan fingerprint density at radius 1 is 0.933 bits per heavy atom. The molecule has 0 aliphatic carbocycles. The predicted molar refractivity (Wildman–Crippen MR) is 36.2 cm³/mol. The molecule has 0 fully saturated rings. The Hall–Kier alpha value is -1.96. The molecule has 2 N–H and O–H groups in total. The molecular weight excluding hydrogens is 242 g/mol. The molecular formula is C4H2FO9P. The lowest BCUT2D eigenvalue weighted by molar-refractivity contribution is -0.162. The molecule has 9 nitrogen and oxygen atoms in total. The van der Waals surface area contributed by atoms with E-state index in [0.717, 1.165) is 0 Å². The summed E-state index contributed by atoms with van der Waals surface area (Å²) in [6.07, 6.45) is 0. The molecule has 0 saturated carbocycles. The highest BCUT2D eigenvalue weighted by molar-refractivity contribution is 7.49. The Bertz CT molecular complexity index is 340. The van der Waals surface area contributed by atoms with Crippen molar-refractivity contribution in [2.24, 2.45) is 0 Å². The zero-order chi connectivity index (χ0) is 12.2. The van der Waals surface area contributed by atoms with Crippen molar-refractivity contribution in [3.05, 3.63) is 0 Å². The van der Waals surface area contributed by atoms with Gasteiger partial charge in [0.15, 0.2) is 0 Å². The smallest absolute Gasteiger partial charge is 0.473 e. The predicted octanol–water partition coefficient (Wildman–Crippen LogP) is -0.680. The van der Waals surface area contributed by atoms with Gasteiger partial charge in [-0.3, -0.25) is 0 Å². The highest BCUT2D eigenvalue weighted by Crippen LogP contribution is 2.50.